The first-order valence-electron chi connectivity index (χ1n) is 10.2. The van der Waals surface area contributed by atoms with Crippen molar-refractivity contribution in [2.24, 2.45) is 0 Å². The molecule has 2 aromatic carbocycles. The number of carbonyl (C=O) groups excluding carboxylic acids is 2. The Morgan fingerprint density at radius 2 is 1.74 bits per heavy atom. The molecule has 0 aliphatic carbocycles. The molecule has 3 rings (SSSR count). The van der Waals surface area contributed by atoms with E-state index < -0.39 is 21.8 Å². The van der Waals surface area contributed by atoms with Crippen molar-refractivity contribution in [3.05, 3.63) is 63.9 Å². The van der Waals surface area contributed by atoms with Crippen molar-refractivity contribution in [2.45, 2.75) is 44.2 Å². The molecule has 0 saturated carbocycles. The van der Waals surface area contributed by atoms with E-state index in [0.29, 0.717) is 27.1 Å². The lowest BCUT2D eigenvalue weighted by molar-refractivity contribution is -0.121. The average molecular weight is 525 g/mol. The maximum Gasteiger partial charge on any atom is 0.241 e. The van der Waals surface area contributed by atoms with Gasteiger partial charge in [0.1, 0.15) is 6.54 Å². The van der Waals surface area contributed by atoms with E-state index in [-0.39, 0.29) is 30.2 Å². The number of hydrogen-bond acceptors (Lipinski definition) is 7. The van der Waals surface area contributed by atoms with Crippen molar-refractivity contribution in [2.75, 3.05) is 5.32 Å². The third-order valence-corrected chi connectivity index (χ3v) is 7.08. The number of carbonyl (C=O) groups is 2. The van der Waals surface area contributed by atoms with Gasteiger partial charge in [0.05, 0.1) is 10.9 Å². The fourth-order valence-electron chi connectivity index (χ4n) is 3.14. The summed E-state index contributed by atoms with van der Waals surface area (Å²) < 4.78 is 29.3. The molecule has 180 valence electrons. The van der Waals surface area contributed by atoms with Crippen molar-refractivity contribution in [1.29, 1.82) is 0 Å². The van der Waals surface area contributed by atoms with Crippen LogP contribution in [-0.4, -0.2) is 46.4 Å². The standard InChI is InChI=1S/C21H22Cl2N6O4S/c1-3-19(26-34(32,33)15-9-7-14(8-10-15)24-13(2)30)20(31)12-29-21(25-27-28-29)11-16-17(22)5-4-6-18(16)23/h4-10,19,26H,3,11-12H2,1-2H3,(H,24,30). The van der Waals surface area contributed by atoms with Crippen LogP contribution < -0.4 is 10.0 Å². The van der Waals surface area contributed by atoms with E-state index in [1.165, 1.54) is 35.9 Å². The fourth-order valence-corrected chi connectivity index (χ4v) is 4.98. The van der Waals surface area contributed by atoms with Gasteiger partial charge in [-0.05, 0) is 58.8 Å². The molecule has 13 heteroatoms. The van der Waals surface area contributed by atoms with E-state index in [0.717, 1.165) is 0 Å². The van der Waals surface area contributed by atoms with E-state index >= 15 is 0 Å². The van der Waals surface area contributed by atoms with Crippen molar-refractivity contribution >= 4 is 50.6 Å². The smallest absolute Gasteiger partial charge is 0.241 e. The summed E-state index contributed by atoms with van der Waals surface area (Å²) in [7, 11) is -3.99. The molecule has 0 bridgehead atoms. The molecule has 0 saturated heterocycles. The molecule has 10 nitrogen and oxygen atoms in total. The second kappa shape index (κ2) is 11.0. The summed E-state index contributed by atoms with van der Waals surface area (Å²) >= 11 is 12.4. The number of Topliss-reactive ketones (excluding diaryl/α,β-unsaturated/α-hetero) is 1. The Morgan fingerprint density at radius 1 is 1.09 bits per heavy atom. The molecule has 0 spiro atoms. The minimum atomic E-state index is -3.99. The van der Waals surface area contributed by atoms with Gasteiger partial charge >= 0.3 is 0 Å². The molecule has 1 unspecified atom stereocenters. The zero-order valence-corrected chi connectivity index (χ0v) is 20.7. The quantitative estimate of drug-likeness (QED) is 0.416. The summed E-state index contributed by atoms with van der Waals surface area (Å²) in [6, 6.07) is 9.71. The molecule has 1 aromatic heterocycles. The van der Waals surface area contributed by atoms with Gasteiger partial charge in [0, 0.05) is 29.1 Å². The number of amides is 1. The molecule has 1 heterocycles. The van der Waals surface area contributed by atoms with Crippen LogP contribution in [-0.2, 0) is 32.6 Å². The SMILES string of the molecule is CCC(NS(=O)(=O)c1ccc(NC(C)=O)cc1)C(=O)Cn1nnnc1Cc1c(Cl)cccc1Cl. The van der Waals surface area contributed by atoms with Gasteiger partial charge < -0.3 is 5.32 Å². The first-order valence-corrected chi connectivity index (χ1v) is 12.4. The molecule has 0 radical (unpaired) electrons. The second-order valence-electron chi connectivity index (χ2n) is 7.38. The lowest BCUT2D eigenvalue weighted by Gasteiger charge is -2.17. The number of rotatable bonds is 10. The number of nitrogens with zero attached hydrogens (tertiary/aromatic N) is 4. The summed E-state index contributed by atoms with van der Waals surface area (Å²) in [5.74, 6) is -0.335. The fraction of sp³-hybridized carbons (Fsp3) is 0.286. The topological polar surface area (TPSA) is 136 Å². The number of tetrazole rings is 1. The highest BCUT2D eigenvalue weighted by Crippen LogP contribution is 2.26. The molecule has 0 aliphatic rings. The van der Waals surface area contributed by atoms with Crippen LogP contribution in [0.25, 0.3) is 0 Å². The molecule has 0 fully saturated rings. The zero-order chi connectivity index (χ0) is 24.9. The van der Waals surface area contributed by atoms with Gasteiger partial charge in [0.25, 0.3) is 0 Å². The normalized spacial score (nSPS) is 12.4. The number of benzene rings is 2. The first kappa shape index (κ1) is 25.8. The van der Waals surface area contributed by atoms with Crippen LogP contribution in [0.3, 0.4) is 0 Å². The Labute approximate surface area is 206 Å². The lowest BCUT2D eigenvalue weighted by atomic mass is 10.1. The largest absolute Gasteiger partial charge is 0.326 e. The van der Waals surface area contributed by atoms with Crippen LogP contribution in [0.1, 0.15) is 31.7 Å². The number of halogens is 2. The number of nitrogens with one attached hydrogen (secondary N) is 2. The van der Waals surface area contributed by atoms with E-state index in [2.05, 4.69) is 25.6 Å². The van der Waals surface area contributed by atoms with Crippen LogP contribution in [0.15, 0.2) is 47.4 Å². The van der Waals surface area contributed by atoms with E-state index in [1.807, 2.05) is 0 Å². The van der Waals surface area contributed by atoms with Crippen LogP contribution >= 0.6 is 23.2 Å². The minimum absolute atomic E-state index is 0.0377. The second-order valence-corrected chi connectivity index (χ2v) is 9.91. The Bertz CT molecular complexity index is 1270. The zero-order valence-electron chi connectivity index (χ0n) is 18.3. The maximum absolute atomic E-state index is 12.9. The van der Waals surface area contributed by atoms with Crippen molar-refractivity contribution in [1.82, 2.24) is 24.9 Å². The Hall–Kier alpha value is -2.86. The van der Waals surface area contributed by atoms with Gasteiger partial charge in [-0.15, -0.1) is 5.10 Å². The first-order chi connectivity index (χ1) is 16.1. The van der Waals surface area contributed by atoms with Gasteiger partial charge in [0.2, 0.25) is 15.9 Å². The highest BCUT2D eigenvalue weighted by Gasteiger charge is 2.26. The molecule has 3 aromatic rings. The van der Waals surface area contributed by atoms with Crippen LogP contribution in [0.5, 0.6) is 0 Å². The number of sulfonamides is 1. The Kier molecular flexibility index (Phi) is 8.37. The minimum Gasteiger partial charge on any atom is -0.326 e. The van der Waals surface area contributed by atoms with Gasteiger partial charge in [-0.25, -0.2) is 17.8 Å². The summed E-state index contributed by atoms with van der Waals surface area (Å²) in [5.41, 5.74) is 1.07. The van der Waals surface area contributed by atoms with Crippen molar-refractivity contribution in [3.8, 4) is 0 Å². The van der Waals surface area contributed by atoms with Crippen LogP contribution in [0, 0.1) is 0 Å². The van der Waals surface area contributed by atoms with Crippen molar-refractivity contribution in [3.63, 3.8) is 0 Å². The third-order valence-electron chi connectivity index (χ3n) is 4.89. The average Bonchev–Trinajstić information content (AvgIpc) is 3.21. The van der Waals surface area contributed by atoms with E-state index in [4.69, 9.17) is 23.2 Å². The molecule has 1 atom stereocenters. The van der Waals surface area contributed by atoms with E-state index in [9.17, 15) is 18.0 Å². The highest BCUT2D eigenvalue weighted by molar-refractivity contribution is 7.89. The van der Waals surface area contributed by atoms with Gasteiger partial charge in [-0.1, -0.05) is 36.2 Å². The predicted molar refractivity (Wildman–Crippen MR) is 127 cm³/mol. The molecule has 34 heavy (non-hydrogen) atoms. The molecular weight excluding hydrogens is 503 g/mol. The van der Waals surface area contributed by atoms with Gasteiger partial charge in [-0.2, -0.15) is 0 Å². The molecule has 1 amide bonds. The van der Waals surface area contributed by atoms with Crippen LogP contribution in [0.2, 0.25) is 10.0 Å². The predicted octanol–water partition coefficient (Wildman–Crippen LogP) is 2.86. The van der Waals surface area contributed by atoms with Crippen molar-refractivity contribution < 1.29 is 18.0 Å². The summed E-state index contributed by atoms with van der Waals surface area (Å²) in [5, 5.41) is 14.9. The van der Waals surface area contributed by atoms with Gasteiger partial charge in [-0.3, -0.25) is 9.59 Å². The van der Waals surface area contributed by atoms with Gasteiger partial charge in [0.15, 0.2) is 11.6 Å². The maximum atomic E-state index is 12.9. The molecule has 0 aliphatic heterocycles. The molecular formula is C21H22Cl2N6O4S. The number of aromatic nitrogens is 4. The van der Waals surface area contributed by atoms with Crippen LogP contribution in [0.4, 0.5) is 5.69 Å². The Balaban J connectivity index is 1.72. The number of hydrogen-bond donors (Lipinski definition) is 2. The Morgan fingerprint density at radius 3 is 2.32 bits per heavy atom. The number of anilines is 1. The highest BCUT2D eigenvalue weighted by atomic mass is 35.5. The third kappa shape index (κ3) is 6.38. The number of ketones is 1. The van der Waals surface area contributed by atoms with E-state index in [1.54, 1.807) is 25.1 Å². The summed E-state index contributed by atoms with van der Waals surface area (Å²) in [4.78, 5) is 24.0. The summed E-state index contributed by atoms with van der Waals surface area (Å²) in [6.07, 6.45) is 0.414. The monoisotopic (exact) mass is 524 g/mol. The lowest BCUT2D eigenvalue weighted by Crippen LogP contribution is -2.42. The molecule has 2 N–H and O–H groups in total. The summed E-state index contributed by atoms with van der Waals surface area (Å²) in [6.45, 7) is 2.80.